The summed E-state index contributed by atoms with van der Waals surface area (Å²) in [5.41, 5.74) is 0.860. The fourth-order valence-corrected chi connectivity index (χ4v) is 3.33. The number of likely N-dealkylation sites (tertiary alicyclic amines) is 1. The average molecular weight is 340 g/mol. The molecule has 0 aliphatic carbocycles. The summed E-state index contributed by atoms with van der Waals surface area (Å²) < 4.78 is 5.39. The Balaban J connectivity index is 1.52. The van der Waals surface area contributed by atoms with Gasteiger partial charge in [0.25, 0.3) is 0 Å². The molecule has 25 heavy (non-hydrogen) atoms. The molecule has 3 rings (SSSR count). The monoisotopic (exact) mass is 340 g/mol. The fraction of sp³-hybridized carbons (Fsp3) is 0.400. The van der Waals surface area contributed by atoms with Gasteiger partial charge in [0, 0.05) is 31.0 Å². The Hall–Kier alpha value is -2.40. The van der Waals surface area contributed by atoms with E-state index in [1.807, 2.05) is 49.4 Å². The maximum atomic E-state index is 12.2. The largest absolute Gasteiger partial charge is 0.445 e. The van der Waals surface area contributed by atoms with Gasteiger partial charge in [-0.15, -0.1) is 0 Å². The maximum absolute atomic E-state index is 12.2. The topological polar surface area (TPSA) is 62.7 Å². The first-order chi connectivity index (χ1) is 12.1. The summed E-state index contributed by atoms with van der Waals surface area (Å²) in [6.07, 6.45) is 4.60. The van der Waals surface area contributed by atoms with Gasteiger partial charge in [-0.2, -0.15) is 0 Å². The number of carbonyl (C=O) groups excluding carboxylic acids is 1. The second kappa shape index (κ2) is 7.66. The van der Waals surface area contributed by atoms with E-state index in [4.69, 9.17) is 4.74 Å². The quantitative estimate of drug-likeness (QED) is 0.927. The van der Waals surface area contributed by atoms with E-state index in [0.717, 1.165) is 24.0 Å². The first-order valence-corrected chi connectivity index (χ1v) is 8.66. The van der Waals surface area contributed by atoms with Gasteiger partial charge in [0.05, 0.1) is 5.60 Å². The zero-order valence-corrected chi connectivity index (χ0v) is 14.5. The van der Waals surface area contributed by atoms with Gasteiger partial charge < -0.3 is 14.7 Å². The van der Waals surface area contributed by atoms with Gasteiger partial charge in [-0.3, -0.25) is 4.98 Å². The molecular formula is C20H24N2O3. The summed E-state index contributed by atoms with van der Waals surface area (Å²) in [5.74, 6) is 0.0925. The molecular weight excluding hydrogens is 316 g/mol. The van der Waals surface area contributed by atoms with Crippen molar-refractivity contribution in [3.8, 4) is 0 Å². The van der Waals surface area contributed by atoms with Gasteiger partial charge >= 0.3 is 6.09 Å². The van der Waals surface area contributed by atoms with Crippen LogP contribution < -0.4 is 0 Å². The first-order valence-electron chi connectivity index (χ1n) is 8.66. The van der Waals surface area contributed by atoms with Gasteiger partial charge in [-0.05, 0) is 37.3 Å². The number of benzene rings is 1. The molecule has 5 heteroatoms. The first kappa shape index (κ1) is 17.4. The molecule has 0 radical (unpaired) electrons. The number of aliphatic hydroxyl groups is 1. The SMILES string of the molecule is CC(O)(c1cccnc1)C1CCN(C(=O)OCc2ccccc2)CC1. The van der Waals surface area contributed by atoms with Crippen LogP contribution in [0.4, 0.5) is 4.79 Å². The Bertz CT molecular complexity index is 681. The lowest BCUT2D eigenvalue weighted by Gasteiger charge is -2.39. The Kier molecular flexibility index (Phi) is 5.34. The minimum Gasteiger partial charge on any atom is -0.445 e. The lowest BCUT2D eigenvalue weighted by atomic mass is 9.78. The zero-order chi connectivity index (χ0) is 17.7. The minimum absolute atomic E-state index is 0.0925. The molecule has 1 atom stereocenters. The van der Waals surface area contributed by atoms with Gasteiger partial charge in [-0.25, -0.2) is 4.79 Å². The normalized spacial score (nSPS) is 17.8. The van der Waals surface area contributed by atoms with E-state index in [1.165, 1.54) is 0 Å². The molecule has 1 aromatic carbocycles. The number of pyridine rings is 1. The smallest absolute Gasteiger partial charge is 0.410 e. The van der Waals surface area contributed by atoms with Crippen LogP contribution in [-0.4, -0.2) is 34.2 Å². The standard InChI is InChI=1S/C20H24N2O3/c1-20(24,18-8-5-11-21-14-18)17-9-12-22(13-10-17)19(23)25-15-16-6-3-2-4-7-16/h2-8,11,14,17,24H,9-10,12-13,15H2,1H3. The number of hydrogen-bond donors (Lipinski definition) is 1. The molecule has 1 aliphatic rings. The van der Waals surface area contributed by atoms with Gasteiger partial charge in [0.15, 0.2) is 0 Å². The van der Waals surface area contributed by atoms with Crippen molar-refractivity contribution in [3.05, 3.63) is 66.0 Å². The molecule has 1 amide bonds. The van der Waals surface area contributed by atoms with Crippen molar-refractivity contribution in [1.82, 2.24) is 9.88 Å². The maximum Gasteiger partial charge on any atom is 0.410 e. The van der Waals surface area contributed by atoms with Crippen LogP contribution in [0.25, 0.3) is 0 Å². The van der Waals surface area contributed by atoms with E-state index in [2.05, 4.69) is 4.98 Å². The van der Waals surface area contributed by atoms with E-state index in [1.54, 1.807) is 17.3 Å². The number of nitrogens with zero attached hydrogens (tertiary/aromatic N) is 2. The molecule has 1 aromatic heterocycles. The predicted molar refractivity (Wildman–Crippen MR) is 94.7 cm³/mol. The highest BCUT2D eigenvalue weighted by Gasteiger charge is 2.37. The fourth-order valence-electron chi connectivity index (χ4n) is 3.33. The molecule has 5 nitrogen and oxygen atoms in total. The molecule has 1 fully saturated rings. The molecule has 2 heterocycles. The Morgan fingerprint density at radius 2 is 1.96 bits per heavy atom. The van der Waals surface area contributed by atoms with Crippen LogP contribution in [0.15, 0.2) is 54.9 Å². The van der Waals surface area contributed by atoms with Crippen molar-refractivity contribution in [3.63, 3.8) is 0 Å². The Labute approximate surface area is 148 Å². The number of aromatic nitrogens is 1. The van der Waals surface area contributed by atoms with E-state index in [9.17, 15) is 9.90 Å². The molecule has 2 aromatic rings. The number of carbonyl (C=O) groups is 1. The highest BCUT2D eigenvalue weighted by molar-refractivity contribution is 5.67. The number of ether oxygens (including phenoxy) is 1. The molecule has 132 valence electrons. The molecule has 0 spiro atoms. The van der Waals surface area contributed by atoms with Crippen molar-refractivity contribution in [1.29, 1.82) is 0 Å². The van der Waals surface area contributed by atoms with Crippen LogP contribution >= 0.6 is 0 Å². The van der Waals surface area contributed by atoms with Crippen LogP contribution in [-0.2, 0) is 16.9 Å². The zero-order valence-electron chi connectivity index (χ0n) is 14.5. The minimum atomic E-state index is -0.936. The average Bonchev–Trinajstić information content (AvgIpc) is 2.68. The highest BCUT2D eigenvalue weighted by Crippen LogP contribution is 2.35. The molecule has 1 saturated heterocycles. The van der Waals surface area contributed by atoms with Crippen molar-refractivity contribution in [2.45, 2.75) is 32.0 Å². The third kappa shape index (κ3) is 4.17. The Morgan fingerprint density at radius 3 is 2.60 bits per heavy atom. The number of piperidine rings is 1. The molecule has 0 bridgehead atoms. The van der Waals surface area contributed by atoms with Crippen LogP contribution in [0, 0.1) is 5.92 Å². The summed E-state index contributed by atoms with van der Waals surface area (Å²) in [5, 5.41) is 10.9. The van der Waals surface area contributed by atoms with Gasteiger partial charge in [-0.1, -0.05) is 36.4 Å². The second-order valence-corrected chi connectivity index (χ2v) is 6.69. The predicted octanol–water partition coefficient (Wildman–Crippen LogP) is 3.34. The number of rotatable bonds is 4. The van der Waals surface area contributed by atoms with Crippen LogP contribution in [0.2, 0.25) is 0 Å². The second-order valence-electron chi connectivity index (χ2n) is 6.69. The summed E-state index contributed by atoms with van der Waals surface area (Å²) in [4.78, 5) is 18.0. The summed E-state index contributed by atoms with van der Waals surface area (Å²) in [6.45, 7) is 3.30. The van der Waals surface area contributed by atoms with Crippen LogP contribution in [0.5, 0.6) is 0 Å². The lowest BCUT2D eigenvalue weighted by Crippen LogP contribution is -2.44. The van der Waals surface area contributed by atoms with Crippen LogP contribution in [0.3, 0.4) is 0 Å². The molecule has 1 aliphatic heterocycles. The number of amides is 1. The van der Waals surface area contributed by atoms with Crippen LogP contribution in [0.1, 0.15) is 30.9 Å². The Morgan fingerprint density at radius 1 is 1.24 bits per heavy atom. The highest BCUT2D eigenvalue weighted by atomic mass is 16.6. The van der Waals surface area contributed by atoms with E-state index < -0.39 is 5.60 Å². The summed E-state index contributed by atoms with van der Waals surface area (Å²) in [6, 6.07) is 13.4. The van der Waals surface area contributed by atoms with E-state index in [-0.39, 0.29) is 18.6 Å². The summed E-state index contributed by atoms with van der Waals surface area (Å²) >= 11 is 0. The lowest BCUT2D eigenvalue weighted by molar-refractivity contribution is -0.0331. The van der Waals surface area contributed by atoms with E-state index in [0.29, 0.717) is 13.1 Å². The molecule has 1 unspecified atom stereocenters. The van der Waals surface area contributed by atoms with Crippen molar-refractivity contribution in [2.75, 3.05) is 13.1 Å². The van der Waals surface area contributed by atoms with Crippen molar-refractivity contribution >= 4 is 6.09 Å². The van der Waals surface area contributed by atoms with Crippen molar-refractivity contribution in [2.24, 2.45) is 5.92 Å². The third-order valence-corrected chi connectivity index (χ3v) is 5.00. The molecule has 0 saturated carbocycles. The van der Waals surface area contributed by atoms with Gasteiger partial charge in [0.2, 0.25) is 0 Å². The third-order valence-electron chi connectivity index (χ3n) is 5.00. The summed E-state index contributed by atoms with van der Waals surface area (Å²) in [7, 11) is 0. The number of hydrogen-bond acceptors (Lipinski definition) is 4. The molecule has 1 N–H and O–H groups in total. The van der Waals surface area contributed by atoms with E-state index >= 15 is 0 Å². The van der Waals surface area contributed by atoms with Crippen molar-refractivity contribution < 1.29 is 14.6 Å². The van der Waals surface area contributed by atoms with Gasteiger partial charge in [0.1, 0.15) is 6.61 Å².